The van der Waals surface area contributed by atoms with E-state index < -0.39 is 0 Å². The van der Waals surface area contributed by atoms with E-state index in [1.165, 1.54) is 13.0 Å². The summed E-state index contributed by atoms with van der Waals surface area (Å²) in [4.78, 5) is 22.8. The van der Waals surface area contributed by atoms with Crippen molar-refractivity contribution in [2.24, 2.45) is 0 Å². The van der Waals surface area contributed by atoms with Gasteiger partial charge < -0.3 is 5.32 Å². The molecule has 0 aliphatic heterocycles. The number of ketones is 1. The average molecular weight is 191 g/mol. The van der Waals surface area contributed by atoms with Gasteiger partial charge in [-0.05, 0) is 26.0 Å². The lowest BCUT2D eigenvalue weighted by atomic mass is 10.1. The highest BCUT2D eigenvalue weighted by Gasteiger charge is 2.07. The van der Waals surface area contributed by atoms with Crippen molar-refractivity contribution in [3.63, 3.8) is 0 Å². The second-order valence-corrected chi connectivity index (χ2v) is 2.96. The molecule has 14 heavy (non-hydrogen) atoms. The van der Waals surface area contributed by atoms with Crippen LogP contribution in [0.4, 0.5) is 5.69 Å². The maximum absolute atomic E-state index is 11.5. The first-order chi connectivity index (χ1) is 6.66. The summed E-state index contributed by atoms with van der Waals surface area (Å²) in [5, 5.41) is 2.91. The lowest BCUT2D eigenvalue weighted by Crippen LogP contribution is -2.12. The van der Waals surface area contributed by atoms with Gasteiger partial charge in [-0.25, -0.2) is 0 Å². The number of nitrogens with one attached hydrogen (secondary N) is 1. The fraction of sp³-hybridized carbons (Fsp3) is 0.273. The van der Waals surface area contributed by atoms with Crippen LogP contribution in [0.2, 0.25) is 0 Å². The van der Waals surface area contributed by atoms with Gasteiger partial charge in [0.15, 0.2) is 5.78 Å². The molecule has 0 radical (unpaired) electrons. The van der Waals surface area contributed by atoms with Crippen molar-refractivity contribution in [3.05, 3.63) is 40.1 Å². The van der Waals surface area contributed by atoms with E-state index in [2.05, 4.69) is 5.32 Å². The maximum Gasteiger partial charge on any atom is 0.202 e. The summed E-state index contributed by atoms with van der Waals surface area (Å²) in [5.41, 5.74) is 0.689. The standard InChI is InChI=1S/C11H13NO2/c1-3-12-11-9(8(2)13)6-4-5-7-10(11)14/h4-7H,3H2,1-2H3,(H,12,14). The molecule has 0 atom stereocenters. The highest BCUT2D eigenvalue weighted by Crippen LogP contribution is 2.08. The summed E-state index contributed by atoms with van der Waals surface area (Å²) in [7, 11) is 0. The van der Waals surface area contributed by atoms with E-state index in [0.717, 1.165) is 0 Å². The van der Waals surface area contributed by atoms with Crippen LogP contribution >= 0.6 is 0 Å². The summed E-state index contributed by atoms with van der Waals surface area (Å²) in [5.74, 6) is -0.103. The Bertz CT molecular complexity index is 399. The molecule has 1 aromatic rings. The van der Waals surface area contributed by atoms with Gasteiger partial charge >= 0.3 is 0 Å². The third-order valence-electron chi connectivity index (χ3n) is 1.87. The van der Waals surface area contributed by atoms with Crippen LogP contribution in [0.15, 0.2) is 29.1 Å². The lowest BCUT2D eigenvalue weighted by Gasteiger charge is -2.03. The Kier molecular flexibility index (Phi) is 3.40. The molecule has 0 aromatic heterocycles. The second kappa shape index (κ2) is 4.56. The van der Waals surface area contributed by atoms with Crippen LogP contribution in [0.3, 0.4) is 0 Å². The largest absolute Gasteiger partial charge is 0.382 e. The van der Waals surface area contributed by atoms with Gasteiger partial charge in [0, 0.05) is 12.1 Å². The van der Waals surface area contributed by atoms with Gasteiger partial charge in [-0.2, -0.15) is 0 Å². The third kappa shape index (κ3) is 2.19. The fourth-order valence-electron chi connectivity index (χ4n) is 1.25. The first-order valence-electron chi connectivity index (χ1n) is 4.55. The Morgan fingerprint density at radius 1 is 1.36 bits per heavy atom. The van der Waals surface area contributed by atoms with Crippen molar-refractivity contribution < 1.29 is 4.79 Å². The number of anilines is 1. The Hall–Kier alpha value is -1.64. The molecular weight excluding hydrogens is 178 g/mol. The van der Waals surface area contributed by atoms with Crippen molar-refractivity contribution in [2.75, 3.05) is 11.9 Å². The van der Waals surface area contributed by atoms with Crippen LogP contribution < -0.4 is 10.7 Å². The van der Waals surface area contributed by atoms with Crippen LogP contribution in [0.25, 0.3) is 0 Å². The van der Waals surface area contributed by atoms with E-state index in [4.69, 9.17) is 0 Å². The highest BCUT2D eigenvalue weighted by molar-refractivity contribution is 5.99. The lowest BCUT2D eigenvalue weighted by molar-refractivity contribution is 0.101. The van der Waals surface area contributed by atoms with Crippen LogP contribution in [-0.2, 0) is 0 Å². The van der Waals surface area contributed by atoms with Crippen LogP contribution in [0, 0.1) is 0 Å². The minimum Gasteiger partial charge on any atom is -0.382 e. The van der Waals surface area contributed by atoms with Crippen LogP contribution in [0.5, 0.6) is 0 Å². The number of carbonyl (C=O) groups is 1. The van der Waals surface area contributed by atoms with Crippen molar-refractivity contribution in [2.45, 2.75) is 13.8 Å². The summed E-state index contributed by atoms with van der Waals surface area (Å²) in [6, 6.07) is 6.43. The van der Waals surface area contributed by atoms with Crippen molar-refractivity contribution >= 4 is 11.5 Å². The Balaban J connectivity index is 3.41. The van der Waals surface area contributed by atoms with Gasteiger partial charge in [0.25, 0.3) is 0 Å². The number of Topliss-reactive ketones (excluding diaryl/α,β-unsaturated/α-hetero) is 1. The van der Waals surface area contributed by atoms with Gasteiger partial charge in [0.05, 0.1) is 5.69 Å². The summed E-state index contributed by atoms with van der Waals surface area (Å²) >= 11 is 0. The van der Waals surface area contributed by atoms with E-state index in [-0.39, 0.29) is 11.2 Å². The molecule has 74 valence electrons. The fourth-order valence-corrected chi connectivity index (χ4v) is 1.25. The molecule has 0 aliphatic rings. The predicted octanol–water partition coefficient (Wildman–Crippen LogP) is 1.68. The first kappa shape index (κ1) is 10.4. The summed E-state index contributed by atoms with van der Waals surface area (Å²) in [6.45, 7) is 3.96. The summed E-state index contributed by atoms with van der Waals surface area (Å²) < 4.78 is 0. The molecular formula is C11H13NO2. The molecule has 0 unspecified atom stereocenters. The Labute approximate surface area is 82.8 Å². The second-order valence-electron chi connectivity index (χ2n) is 2.96. The molecule has 0 bridgehead atoms. The van der Waals surface area contributed by atoms with E-state index in [9.17, 15) is 9.59 Å². The third-order valence-corrected chi connectivity index (χ3v) is 1.87. The number of hydrogen-bond donors (Lipinski definition) is 1. The monoisotopic (exact) mass is 191 g/mol. The number of rotatable bonds is 3. The highest BCUT2D eigenvalue weighted by atomic mass is 16.1. The number of hydrogen-bond acceptors (Lipinski definition) is 3. The molecule has 0 fully saturated rings. The molecule has 3 heteroatoms. The molecule has 1 N–H and O–H groups in total. The molecule has 0 spiro atoms. The zero-order valence-electron chi connectivity index (χ0n) is 8.33. The molecule has 1 rings (SSSR count). The SMILES string of the molecule is CCNc1c(C(C)=O)ccccc1=O. The van der Waals surface area contributed by atoms with Gasteiger partial charge in [-0.3, -0.25) is 9.59 Å². The van der Waals surface area contributed by atoms with Crippen molar-refractivity contribution in [1.82, 2.24) is 0 Å². The molecule has 3 nitrogen and oxygen atoms in total. The van der Waals surface area contributed by atoms with E-state index >= 15 is 0 Å². The smallest absolute Gasteiger partial charge is 0.202 e. The van der Waals surface area contributed by atoms with E-state index in [1.807, 2.05) is 6.92 Å². The van der Waals surface area contributed by atoms with Crippen molar-refractivity contribution in [3.8, 4) is 0 Å². The Morgan fingerprint density at radius 2 is 2.00 bits per heavy atom. The predicted molar refractivity (Wildman–Crippen MR) is 56.9 cm³/mol. The van der Waals surface area contributed by atoms with Crippen LogP contribution in [0.1, 0.15) is 24.2 Å². The maximum atomic E-state index is 11.5. The number of carbonyl (C=O) groups excluding carboxylic acids is 1. The molecule has 0 aliphatic carbocycles. The minimum atomic E-state index is -0.151. The molecule has 1 aromatic carbocycles. The zero-order chi connectivity index (χ0) is 10.6. The van der Waals surface area contributed by atoms with Gasteiger partial charge in [0.2, 0.25) is 5.43 Å². The molecule has 0 saturated carbocycles. The minimum absolute atomic E-state index is 0.103. The van der Waals surface area contributed by atoms with Crippen molar-refractivity contribution in [1.29, 1.82) is 0 Å². The Morgan fingerprint density at radius 3 is 2.57 bits per heavy atom. The topological polar surface area (TPSA) is 46.2 Å². The quantitative estimate of drug-likeness (QED) is 0.739. The zero-order valence-corrected chi connectivity index (χ0v) is 8.33. The molecule has 0 saturated heterocycles. The van der Waals surface area contributed by atoms with Gasteiger partial charge in [-0.15, -0.1) is 0 Å². The first-order valence-corrected chi connectivity index (χ1v) is 4.55. The van der Waals surface area contributed by atoms with E-state index in [0.29, 0.717) is 17.8 Å². The summed E-state index contributed by atoms with van der Waals surface area (Å²) in [6.07, 6.45) is 0. The van der Waals surface area contributed by atoms with Gasteiger partial charge in [0.1, 0.15) is 0 Å². The van der Waals surface area contributed by atoms with E-state index in [1.54, 1.807) is 18.2 Å². The average Bonchev–Trinajstić information content (AvgIpc) is 2.30. The van der Waals surface area contributed by atoms with Crippen LogP contribution in [-0.4, -0.2) is 12.3 Å². The normalized spacial score (nSPS) is 9.57. The molecule has 0 heterocycles. The van der Waals surface area contributed by atoms with Gasteiger partial charge in [-0.1, -0.05) is 12.1 Å². The molecule has 0 amide bonds.